The van der Waals surface area contributed by atoms with Crippen LogP contribution in [0.2, 0.25) is 0 Å². The first-order valence-electron chi connectivity index (χ1n) is 5.66. The summed E-state index contributed by atoms with van der Waals surface area (Å²) in [6.45, 7) is 0. The van der Waals surface area contributed by atoms with E-state index in [-0.39, 0.29) is 0 Å². The molecule has 2 N–H and O–H groups in total. The van der Waals surface area contributed by atoms with Gasteiger partial charge in [-0.2, -0.15) is 0 Å². The van der Waals surface area contributed by atoms with Crippen LogP contribution in [0.5, 0.6) is 5.75 Å². The summed E-state index contributed by atoms with van der Waals surface area (Å²) in [6, 6.07) is 15.6. The van der Waals surface area contributed by atoms with Crippen molar-refractivity contribution in [1.29, 1.82) is 0 Å². The van der Waals surface area contributed by atoms with Gasteiger partial charge in [0.05, 0.1) is 18.5 Å². The third-order valence-corrected chi connectivity index (χ3v) is 3.62. The summed E-state index contributed by atoms with van der Waals surface area (Å²) < 4.78 is 6.38. The van der Waals surface area contributed by atoms with Gasteiger partial charge in [0.15, 0.2) is 5.11 Å². The molecular weight excluding hydrogens is 371 g/mol. The number of hydrogen-bond acceptors (Lipinski definition) is 2. The van der Waals surface area contributed by atoms with E-state index in [1.807, 2.05) is 48.5 Å². The first-order valence-corrected chi connectivity index (χ1v) is 7.15. The lowest BCUT2D eigenvalue weighted by Gasteiger charge is -2.14. The van der Waals surface area contributed by atoms with Crippen LogP contribution < -0.4 is 15.4 Å². The predicted octanol–water partition coefficient (Wildman–Crippen LogP) is 4.11. The van der Waals surface area contributed by atoms with Crippen LogP contribution in [0.4, 0.5) is 11.4 Å². The molecule has 0 saturated heterocycles. The Balaban J connectivity index is 2.08. The lowest BCUT2D eigenvalue weighted by molar-refractivity contribution is 0.417. The molecule has 0 aliphatic rings. The van der Waals surface area contributed by atoms with Gasteiger partial charge in [0, 0.05) is 3.57 Å². The van der Waals surface area contributed by atoms with Gasteiger partial charge in [-0.15, -0.1) is 0 Å². The molecule has 0 radical (unpaired) electrons. The zero-order valence-corrected chi connectivity index (χ0v) is 13.3. The minimum absolute atomic E-state index is 0.536. The summed E-state index contributed by atoms with van der Waals surface area (Å²) >= 11 is 7.57. The first-order chi connectivity index (χ1) is 9.20. The average Bonchev–Trinajstić information content (AvgIpc) is 2.42. The Morgan fingerprint density at radius 3 is 2.26 bits per heavy atom. The molecule has 0 bridgehead atoms. The number of halogens is 1. The number of thiocarbonyl (C=S) groups is 1. The van der Waals surface area contributed by atoms with Crippen molar-refractivity contribution >= 4 is 51.3 Å². The van der Waals surface area contributed by atoms with E-state index in [2.05, 4.69) is 33.2 Å². The van der Waals surface area contributed by atoms with Gasteiger partial charge < -0.3 is 15.4 Å². The summed E-state index contributed by atoms with van der Waals surface area (Å²) in [5.74, 6) is 0.759. The number of methoxy groups -OCH3 is 1. The highest BCUT2D eigenvalue weighted by atomic mass is 127. The summed E-state index contributed by atoms with van der Waals surface area (Å²) in [6.07, 6.45) is 0. The molecule has 0 aliphatic heterocycles. The largest absolute Gasteiger partial charge is 0.495 e. The molecule has 0 atom stereocenters. The summed E-state index contributed by atoms with van der Waals surface area (Å²) in [4.78, 5) is 0. The maximum Gasteiger partial charge on any atom is 0.175 e. The van der Waals surface area contributed by atoms with Crippen molar-refractivity contribution in [2.45, 2.75) is 0 Å². The topological polar surface area (TPSA) is 33.3 Å². The van der Waals surface area contributed by atoms with E-state index < -0.39 is 0 Å². The molecule has 0 spiro atoms. The van der Waals surface area contributed by atoms with Crippen LogP contribution >= 0.6 is 34.8 Å². The SMILES string of the molecule is COc1ccccc1NC(=S)Nc1ccccc1I. The van der Waals surface area contributed by atoms with Gasteiger partial charge in [0.1, 0.15) is 5.75 Å². The predicted molar refractivity (Wildman–Crippen MR) is 92.0 cm³/mol. The molecule has 2 aromatic rings. The quantitative estimate of drug-likeness (QED) is 0.617. The molecule has 0 saturated carbocycles. The summed E-state index contributed by atoms with van der Waals surface area (Å²) in [5, 5.41) is 6.83. The van der Waals surface area contributed by atoms with Crippen molar-refractivity contribution in [3.05, 3.63) is 52.1 Å². The molecule has 0 aromatic heterocycles. The molecule has 2 aromatic carbocycles. The van der Waals surface area contributed by atoms with E-state index in [4.69, 9.17) is 17.0 Å². The molecule has 19 heavy (non-hydrogen) atoms. The fraction of sp³-hybridized carbons (Fsp3) is 0.0714. The number of rotatable bonds is 3. The van der Waals surface area contributed by atoms with Gasteiger partial charge in [-0.3, -0.25) is 0 Å². The zero-order chi connectivity index (χ0) is 13.7. The molecule has 0 heterocycles. The van der Waals surface area contributed by atoms with E-state index in [1.165, 1.54) is 0 Å². The second kappa shape index (κ2) is 6.72. The molecule has 2 rings (SSSR count). The summed E-state index contributed by atoms with van der Waals surface area (Å²) in [5.41, 5.74) is 1.82. The number of ether oxygens (including phenoxy) is 1. The number of para-hydroxylation sites is 3. The molecule has 3 nitrogen and oxygen atoms in total. The Kier molecular flexibility index (Phi) is 4.98. The van der Waals surface area contributed by atoms with Gasteiger partial charge in [-0.1, -0.05) is 24.3 Å². The van der Waals surface area contributed by atoms with Gasteiger partial charge in [-0.25, -0.2) is 0 Å². The smallest absolute Gasteiger partial charge is 0.175 e. The minimum Gasteiger partial charge on any atom is -0.495 e. The minimum atomic E-state index is 0.536. The van der Waals surface area contributed by atoms with E-state index >= 15 is 0 Å². The Bertz CT molecular complexity index is 589. The van der Waals surface area contributed by atoms with Crippen molar-refractivity contribution in [2.24, 2.45) is 0 Å². The second-order valence-electron chi connectivity index (χ2n) is 3.76. The Labute approximate surface area is 131 Å². The average molecular weight is 384 g/mol. The van der Waals surface area contributed by atoms with Crippen molar-refractivity contribution in [3.8, 4) is 5.75 Å². The van der Waals surface area contributed by atoms with Crippen molar-refractivity contribution in [3.63, 3.8) is 0 Å². The highest BCUT2D eigenvalue weighted by molar-refractivity contribution is 14.1. The Morgan fingerprint density at radius 1 is 1.00 bits per heavy atom. The molecule has 0 aliphatic carbocycles. The molecule has 0 unspecified atom stereocenters. The third kappa shape index (κ3) is 3.81. The van der Waals surface area contributed by atoms with E-state index in [0.717, 1.165) is 20.7 Å². The molecular formula is C14H13IN2OS. The fourth-order valence-corrected chi connectivity index (χ4v) is 2.33. The fourth-order valence-electron chi connectivity index (χ4n) is 1.59. The van der Waals surface area contributed by atoms with Crippen LogP contribution in [0, 0.1) is 3.57 Å². The van der Waals surface area contributed by atoms with Crippen molar-refractivity contribution in [1.82, 2.24) is 0 Å². The lowest BCUT2D eigenvalue weighted by Crippen LogP contribution is -2.20. The Morgan fingerprint density at radius 2 is 1.58 bits per heavy atom. The van der Waals surface area contributed by atoms with Gasteiger partial charge in [0.25, 0.3) is 0 Å². The molecule has 0 fully saturated rings. The number of hydrogen-bond donors (Lipinski definition) is 2. The van der Waals surface area contributed by atoms with Gasteiger partial charge in [0.2, 0.25) is 0 Å². The van der Waals surface area contributed by atoms with Gasteiger partial charge >= 0.3 is 0 Å². The standard InChI is InChI=1S/C14H13IN2OS/c1-18-13-9-5-4-8-12(13)17-14(19)16-11-7-3-2-6-10(11)15/h2-9H,1H3,(H2,16,17,19). The Hall–Kier alpha value is -1.34. The van der Waals surface area contributed by atoms with Crippen LogP contribution in [-0.4, -0.2) is 12.2 Å². The van der Waals surface area contributed by atoms with Crippen LogP contribution in [0.25, 0.3) is 0 Å². The van der Waals surface area contributed by atoms with E-state index in [9.17, 15) is 0 Å². The molecule has 0 amide bonds. The van der Waals surface area contributed by atoms with Crippen LogP contribution in [0.15, 0.2) is 48.5 Å². The van der Waals surface area contributed by atoms with Crippen molar-refractivity contribution in [2.75, 3.05) is 17.7 Å². The van der Waals surface area contributed by atoms with E-state index in [1.54, 1.807) is 7.11 Å². The number of benzene rings is 2. The highest BCUT2D eigenvalue weighted by Gasteiger charge is 2.05. The molecule has 5 heteroatoms. The normalized spacial score (nSPS) is 9.79. The first kappa shape index (κ1) is 14.1. The van der Waals surface area contributed by atoms with Crippen LogP contribution in [-0.2, 0) is 0 Å². The number of anilines is 2. The third-order valence-electron chi connectivity index (χ3n) is 2.48. The summed E-state index contributed by atoms with van der Waals surface area (Å²) in [7, 11) is 1.64. The number of nitrogens with one attached hydrogen (secondary N) is 2. The van der Waals surface area contributed by atoms with Crippen LogP contribution in [0.3, 0.4) is 0 Å². The van der Waals surface area contributed by atoms with Gasteiger partial charge in [-0.05, 0) is 59.1 Å². The monoisotopic (exact) mass is 384 g/mol. The maximum absolute atomic E-state index is 5.30. The lowest BCUT2D eigenvalue weighted by atomic mass is 10.3. The highest BCUT2D eigenvalue weighted by Crippen LogP contribution is 2.23. The zero-order valence-electron chi connectivity index (χ0n) is 10.3. The van der Waals surface area contributed by atoms with Crippen LogP contribution in [0.1, 0.15) is 0 Å². The molecule has 98 valence electrons. The van der Waals surface area contributed by atoms with E-state index in [0.29, 0.717) is 5.11 Å². The second-order valence-corrected chi connectivity index (χ2v) is 5.33. The van der Waals surface area contributed by atoms with Crippen molar-refractivity contribution < 1.29 is 4.74 Å². The maximum atomic E-state index is 5.30.